The SMILES string of the molecule is CC(C)(C)c1ccc(C2CC(N)CN(c3ccc(F)c(F)c3)C2)cc1. The van der Waals surface area contributed by atoms with Crippen LogP contribution in [0, 0.1) is 11.6 Å². The molecule has 0 spiro atoms. The molecule has 1 heterocycles. The van der Waals surface area contributed by atoms with Crippen LogP contribution in [0.2, 0.25) is 0 Å². The van der Waals surface area contributed by atoms with E-state index in [-0.39, 0.29) is 17.4 Å². The van der Waals surface area contributed by atoms with E-state index in [4.69, 9.17) is 5.73 Å². The van der Waals surface area contributed by atoms with Gasteiger partial charge in [0.2, 0.25) is 0 Å². The Balaban J connectivity index is 1.81. The second-order valence-electron chi connectivity index (χ2n) is 8.07. The van der Waals surface area contributed by atoms with E-state index in [1.165, 1.54) is 23.3 Å². The number of nitrogens with two attached hydrogens (primary N) is 1. The molecule has 2 nitrogen and oxygen atoms in total. The molecule has 2 aromatic rings. The summed E-state index contributed by atoms with van der Waals surface area (Å²) in [5.41, 5.74) is 9.60. The van der Waals surface area contributed by atoms with Gasteiger partial charge >= 0.3 is 0 Å². The topological polar surface area (TPSA) is 29.3 Å². The van der Waals surface area contributed by atoms with Crippen molar-refractivity contribution in [2.45, 2.75) is 44.6 Å². The lowest BCUT2D eigenvalue weighted by Gasteiger charge is -2.38. The first-order valence-corrected chi connectivity index (χ1v) is 8.80. The van der Waals surface area contributed by atoms with Crippen molar-refractivity contribution in [3.05, 3.63) is 65.2 Å². The van der Waals surface area contributed by atoms with Crippen molar-refractivity contribution in [1.82, 2.24) is 0 Å². The van der Waals surface area contributed by atoms with Crippen molar-refractivity contribution in [3.8, 4) is 0 Å². The van der Waals surface area contributed by atoms with Gasteiger partial charge in [0.25, 0.3) is 0 Å². The van der Waals surface area contributed by atoms with Crippen LogP contribution >= 0.6 is 0 Å². The van der Waals surface area contributed by atoms with Gasteiger partial charge in [-0.05, 0) is 35.1 Å². The average Bonchev–Trinajstić information content (AvgIpc) is 2.56. The Morgan fingerprint density at radius 3 is 2.24 bits per heavy atom. The van der Waals surface area contributed by atoms with E-state index >= 15 is 0 Å². The van der Waals surface area contributed by atoms with E-state index < -0.39 is 11.6 Å². The van der Waals surface area contributed by atoms with Gasteiger partial charge in [-0.2, -0.15) is 0 Å². The van der Waals surface area contributed by atoms with Crippen LogP contribution in [-0.4, -0.2) is 19.1 Å². The Bertz CT molecular complexity index is 735. The largest absolute Gasteiger partial charge is 0.369 e. The van der Waals surface area contributed by atoms with Crippen LogP contribution in [0.15, 0.2) is 42.5 Å². The third-order valence-electron chi connectivity index (χ3n) is 5.00. The van der Waals surface area contributed by atoms with Crippen molar-refractivity contribution >= 4 is 5.69 Å². The molecule has 0 aromatic heterocycles. The summed E-state index contributed by atoms with van der Waals surface area (Å²) >= 11 is 0. The molecule has 4 heteroatoms. The predicted molar refractivity (Wildman–Crippen MR) is 99.0 cm³/mol. The molecule has 0 bridgehead atoms. The first-order chi connectivity index (χ1) is 11.7. The highest BCUT2D eigenvalue weighted by Gasteiger charge is 2.27. The number of hydrogen-bond donors (Lipinski definition) is 1. The summed E-state index contributed by atoms with van der Waals surface area (Å²) in [5.74, 6) is -1.35. The Labute approximate surface area is 148 Å². The maximum atomic E-state index is 13.6. The molecule has 2 unspecified atom stereocenters. The van der Waals surface area contributed by atoms with E-state index in [1.54, 1.807) is 6.07 Å². The fourth-order valence-electron chi connectivity index (χ4n) is 3.53. The van der Waals surface area contributed by atoms with Gasteiger partial charge in [-0.15, -0.1) is 0 Å². The second kappa shape index (κ2) is 6.75. The highest BCUT2D eigenvalue weighted by atomic mass is 19.2. The number of rotatable bonds is 2. The molecule has 0 saturated carbocycles. The summed E-state index contributed by atoms with van der Waals surface area (Å²) in [4.78, 5) is 2.05. The smallest absolute Gasteiger partial charge is 0.160 e. The molecule has 1 saturated heterocycles. The molecule has 25 heavy (non-hydrogen) atoms. The van der Waals surface area contributed by atoms with Gasteiger partial charge in [-0.3, -0.25) is 0 Å². The van der Waals surface area contributed by atoms with Crippen LogP contribution in [0.5, 0.6) is 0 Å². The highest BCUT2D eigenvalue weighted by molar-refractivity contribution is 5.48. The maximum Gasteiger partial charge on any atom is 0.160 e. The van der Waals surface area contributed by atoms with E-state index in [1.807, 2.05) is 0 Å². The molecule has 3 rings (SSSR count). The molecule has 134 valence electrons. The van der Waals surface area contributed by atoms with Gasteiger partial charge in [0.1, 0.15) is 0 Å². The second-order valence-corrected chi connectivity index (χ2v) is 8.07. The summed E-state index contributed by atoms with van der Waals surface area (Å²) in [6, 6.07) is 12.8. The maximum absolute atomic E-state index is 13.6. The van der Waals surface area contributed by atoms with Crippen molar-refractivity contribution < 1.29 is 8.78 Å². The summed E-state index contributed by atoms with van der Waals surface area (Å²) in [6.45, 7) is 8.01. The van der Waals surface area contributed by atoms with E-state index in [9.17, 15) is 8.78 Å². The normalized spacial score (nSPS) is 21.4. The summed E-state index contributed by atoms with van der Waals surface area (Å²) < 4.78 is 26.8. The van der Waals surface area contributed by atoms with Gasteiger partial charge in [0.15, 0.2) is 11.6 Å². The van der Waals surface area contributed by atoms with E-state index in [2.05, 4.69) is 49.9 Å². The lowest BCUT2D eigenvalue weighted by atomic mass is 9.83. The molecule has 2 aromatic carbocycles. The Morgan fingerprint density at radius 1 is 0.960 bits per heavy atom. The predicted octanol–water partition coefficient (Wildman–Crippen LogP) is 4.58. The third kappa shape index (κ3) is 4.01. The van der Waals surface area contributed by atoms with Gasteiger partial charge in [-0.25, -0.2) is 8.78 Å². The van der Waals surface area contributed by atoms with Crippen LogP contribution in [0.25, 0.3) is 0 Å². The molecular formula is C21H26F2N2. The quantitative estimate of drug-likeness (QED) is 0.864. The number of hydrogen-bond acceptors (Lipinski definition) is 2. The van der Waals surface area contributed by atoms with Crippen molar-refractivity contribution in [1.29, 1.82) is 0 Å². The minimum Gasteiger partial charge on any atom is -0.369 e. The molecule has 0 amide bonds. The zero-order valence-electron chi connectivity index (χ0n) is 15.1. The Kier molecular flexibility index (Phi) is 4.83. The first-order valence-electron chi connectivity index (χ1n) is 8.80. The molecule has 0 aliphatic carbocycles. The lowest BCUT2D eigenvalue weighted by Crippen LogP contribution is -2.46. The minimum atomic E-state index is -0.820. The molecule has 1 aliphatic heterocycles. The van der Waals surface area contributed by atoms with Gasteiger partial charge in [-0.1, -0.05) is 45.0 Å². The summed E-state index contributed by atoms with van der Waals surface area (Å²) in [7, 11) is 0. The molecule has 0 radical (unpaired) electrons. The fourth-order valence-corrected chi connectivity index (χ4v) is 3.53. The molecule has 1 fully saturated rings. The van der Waals surface area contributed by atoms with E-state index in [0.29, 0.717) is 12.2 Å². The fraction of sp³-hybridized carbons (Fsp3) is 0.429. The van der Waals surface area contributed by atoms with E-state index in [0.717, 1.165) is 13.0 Å². The zero-order valence-corrected chi connectivity index (χ0v) is 15.1. The summed E-state index contributed by atoms with van der Waals surface area (Å²) in [5, 5.41) is 0. The molecule has 2 N–H and O–H groups in total. The monoisotopic (exact) mass is 344 g/mol. The van der Waals surface area contributed by atoms with Crippen LogP contribution in [0.4, 0.5) is 14.5 Å². The average molecular weight is 344 g/mol. The minimum absolute atomic E-state index is 0.00848. The molecule has 2 atom stereocenters. The Hall–Kier alpha value is -1.94. The summed E-state index contributed by atoms with van der Waals surface area (Å²) in [6.07, 6.45) is 0.898. The Morgan fingerprint density at radius 2 is 1.64 bits per heavy atom. The number of anilines is 1. The van der Waals surface area contributed by atoms with Crippen LogP contribution in [-0.2, 0) is 5.41 Å². The number of halogens is 2. The van der Waals surface area contributed by atoms with Gasteiger partial charge < -0.3 is 10.6 Å². The number of nitrogens with zero attached hydrogens (tertiary/aromatic N) is 1. The van der Waals surface area contributed by atoms with Crippen molar-refractivity contribution in [2.75, 3.05) is 18.0 Å². The molecular weight excluding hydrogens is 318 g/mol. The van der Waals surface area contributed by atoms with Crippen LogP contribution in [0.1, 0.15) is 44.2 Å². The van der Waals surface area contributed by atoms with Crippen LogP contribution < -0.4 is 10.6 Å². The van der Waals surface area contributed by atoms with Crippen molar-refractivity contribution in [3.63, 3.8) is 0 Å². The van der Waals surface area contributed by atoms with Gasteiger partial charge in [0, 0.05) is 36.8 Å². The van der Waals surface area contributed by atoms with Crippen molar-refractivity contribution in [2.24, 2.45) is 5.73 Å². The lowest BCUT2D eigenvalue weighted by molar-refractivity contribution is 0.451. The zero-order chi connectivity index (χ0) is 18.2. The first kappa shape index (κ1) is 17.9. The number of benzene rings is 2. The third-order valence-corrected chi connectivity index (χ3v) is 5.00. The standard InChI is InChI=1S/C21H26F2N2/c1-21(2,3)16-6-4-14(5-7-16)15-10-17(24)13-25(12-15)18-8-9-19(22)20(23)11-18/h4-9,11,15,17H,10,12-13,24H2,1-3H3. The number of piperidine rings is 1. The van der Waals surface area contributed by atoms with Crippen LogP contribution in [0.3, 0.4) is 0 Å². The molecule has 1 aliphatic rings. The highest BCUT2D eigenvalue weighted by Crippen LogP contribution is 2.31. The van der Waals surface area contributed by atoms with Gasteiger partial charge in [0.05, 0.1) is 0 Å².